The van der Waals surface area contributed by atoms with Crippen molar-refractivity contribution in [2.75, 3.05) is 6.61 Å². The Morgan fingerprint density at radius 1 is 0.893 bits per heavy atom. The summed E-state index contributed by atoms with van der Waals surface area (Å²) in [6.07, 6.45) is 1.75. The van der Waals surface area contributed by atoms with Crippen LogP contribution in [0.4, 0.5) is 0 Å². The van der Waals surface area contributed by atoms with E-state index < -0.39 is 0 Å². The van der Waals surface area contributed by atoms with E-state index in [0.29, 0.717) is 6.61 Å². The predicted molar refractivity (Wildman–Crippen MR) is 111 cm³/mol. The first-order chi connectivity index (χ1) is 13.8. The lowest BCUT2D eigenvalue weighted by Crippen LogP contribution is -2.19. The maximum absolute atomic E-state index is 12.4. The molecule has 0 aromatic heterocycles. The van der Waals surface area contributed by atoms with Gasteiger partial charge >= 0.3 is 5.97 Å². The minimum absolute atomic E-state index is 0.212. The smallest absolute Gasteiger partial charge is 0.309 e. The number of benzene rings is 3. The van der Waals surface area contributed by atoms with Crippen molar-refractivity contribution in [3.63, 3.8) is 0 Å². The molecular weight excluding hydrogens is 348 g/mol. The van der Waals surface area contributed by atoms with E-state index in [1.165, 1.54) is 0 Å². The maximum atomic E-state index is 12.4. The molecule has 0 saturated heterocycles. The highest BCUT2D eigenvalue weighted by Crippen LogP contribution is 2.47. The Morgan fingerprint density at radius 3 is 2.43 bits per heavy atom. The summed E-state index contributed by atoms with van der Waals surface area (Å²) in [4.78, 5) is 12.4. The van der Waals surface area contributed by atoms with Gasteiger partial charge in [0, 0.05) is 16.7 Å². The van der Waals surface area contributed by atoms with Crippen LogP contribution in [-0.2, 0) is 9.53 Å². The molecule has 0 bridgehead atoms. The Bertz CT molecular complexity index is 948. The van der Waals surface area contributed by atoms with Crippen LogP contribution in [0.25, 0.3) is 22.3 Å². The monoisotopic (exact) mass is 372 g/mol. The number of carbonyl (C=O) groups is 1. The van der Waals surface area contributed by atoms with Gasteiger partial charge in [-0.3, -0.25) is 4.79 Å². The zero-order valence-corrected chi connectivity index (χ0v) is 16.1. The summed E-state index contributed by atoms with van der Waals surface area (Å²) in [6.45, 7) is 2.55. The van der Waals surface area contributed by atoms with Crippen molar-refractivity contribution < 1.29 is 14.3 Å². The lowest BCUT2D eigenvalue weighted by Gasteiger charge is -2.30. The molecule has 28 heavy (non-hydrogen) atoms. The van der Waals surface area contributed by atoms with Gasteiger partial charge in [0.15, 0.2) is 0 Å². The van der Waals surface area contributed by atoms with Gasteiger partial charge in [0.25, 0.3) is 0 Å². The lowest BCUT2D eigenvalue weighted by molar-refractivity contribution is -0.145. The number of unbranched alkanes of at least 4 members (excludes halogenated alkanes) is 1. The van der Waals surface area contributed by atoms with E-state index in [-0.39, 0.29) is 18.5 Å². The second kappa shape index (κ2) is 8.30. The summed E-state index contributed by atoms with van der Waals surface area (Å²) in [6, 6.07) is 24.6. The molecule has 0 radical (unpaired) electrons. The van der Waals surface area contributed by atoms with Crippen LogP contribution in [-0.4, -0.2) is 12.6 Å². The van der Waals surface area contributed by atoms with E-state index >= 15 is 0 Å². The fourth-order valence-electron chi connectivity index (χ4n) is 3.64. The Labute approximate surface area is 165 Å². The molecule has 0 spiro atoms. The van der Waals surface area contributed by atoms with Crippen molar-refractivity contribution in [2.45, 2.75) is 32.3 Å². The molecular formula is C25H24O3. The second-order valence-corrected chi connectivity index (χ2v) is 7.02. The van der Waals surface area contributed by atoms with E-state index in [1.807, 2.05) is 36.4 Å². The highest BCUT2D eigenvalue weighted by atomic mass is 16.5. The molecule has 0 fully saturated rings. The van der Waals surface area contributed by atoms with Gasteiger partial charge in [-0.05, 0) is 17.5 Å². The van der Waals surface area contributed by atoms with Crippen LogP contribution in [0.15, 0.2) is 72.8 Å². The van der Waals surface area contributed by atoms with Crippen LogP contribution in [0.5, 0.6) is 5.75 Å². The number of carbonyl (C=O) groups excluding carboxylic acids is 1. The van der Waals surface area contributed by atoms with E-state index in [9.17, 15) is 4.79 Å². The third-order valence-corrected chi connectivity index (χ3v) is 5.07. The van der Waals surface area contributed by atoms with Gasteiger partial charge < -0.3 is 9.47 Å². The van der Waals surface area contributed by atoms with Gasteiger partial charge in [-0.2, -0.15) is 0 Å². The van der Waals surface area contributed by atoms with E-state index in [1.54, 1.807) is 0 Å². The molecule has 0 aliphatic carbocycles. The van der Waals surface area contributed by atoms with Crippen molar-refractivity contribution >= 4 is 5.97 Å². The number of ether oxygens (including phenoxy) is 2. The molecule has 3 heteroatoms. The number of para-hydroxylation sites is 1. The first kappa shape index (κ1) is 18.3. The Morgan fingerprint density at radius 2 is 1.61 bits per heavy atom. The zero-order valence-electron chi connectivity index (χ0n) is 16.1. The fourth-order valence-corrected chi connectivity index (χ4v) is 3.64. The Hall–Kier alpha value is -3.07. The number of hydrogen-bond donors (Lipinski definition) is 0. The van der Waals surface area contributed by atoms with Crippen molar-refractivity contribution in [3.05, 3.63) is 78.4 Å². The van der Waals surface area contributed by atoms with Crippen molar-refractivity contribution in [1.29, 1.82) is 0 Å². The third kappa shape index (κ3) is 3.65. The molecule has 1 heterocycles. The summed E-state index contributed by atoms with van der Waals surface area (Å²) < 4.78 is 11.8. The first-order valence-corrected chi connectivity index (χ1v) is 9.88. The standard InChI is InChI=1S/C25H24O3/c1-2-3-16-27-24(26)17-23-21-13-8-7-12-20(21)22-15-9-14-19(25(22)28-23)18-10-5-4-6-11-18/h4-15,23H,2-3,16-17H2,1H3. The summed E-state index contributed by atoms with van der Waals surface area (Å²) in [5.41, 5.74) is 5.35. The minimum atomic E-state index is -0.345. The molecule has 0 N–H and O–H groups in total. The molecule has 4 rings (SSSR count). The van der Waals surface area contributed by atoms with Crippen molar-refractivity contribution in [1.82, 2.24) is 0 Å². The van der Waals surface area contributed by atoms with E-state index in [0.717, 1.165) is 46.4 Å². The first-order valence-electron chi connectivity index (χ1n) is 9.88. The number of rotatable bonds is 6. The molecule has 1 unspecified atom stereocenters. The van der Waals surface area contributed by atoms with Crippen LogP contribution >= 0.6 is 0 Å². The molecule has 0 amide bonds. The molecule has 1 atom stereocenters. The van der Waals surface area contributed by atoms with E-state index in [2.05, 4.69) is 43.3 Å². The van der Waals surface area contributed by atoms with Crippen molar-refractivity contribution in [2.24, 2.45) is 0 Å². The predicted octanol–water partition coefficient (Wildman–Crippen LogP) is 6.19. The normalized spacial score (nSPS) is 14.5. The van der Waals surface area contributed by atoms with Gasteiger partial charge in [-0.25, -0.2) is 0 Å². The van der Waals surface area contributed by atoms with Gasteiger partial charge in [0.1, 0.15) is 11.9 Å². The quantitative estimate of drug-likeness (QED) is 0.382. The minimum Gasteiger partial charge on any atom is -0.484 e. The van der Waals surface area contributed by atoms with Gasteiger partial charge in [0.05, 0.1) is 13.0 Å². The maximum Gasteiger partial charge on any atom is 0.309 e. The fraction of sp³-hybridized carbons (Fsp3) is 0.240. The second-order valence-electron chi connectivity index (χ2n) is 7.02. The molecule has 142 valence electrons. The SMILES string of the molecule is CCCCOC(=O)CC1Oc2c(-c3ccccc3)cccc2-c2ccccc21. The van der Waals surface area contributed by atoms with Gasteiger partial charge in [-0.1, -0.05) is 86.1 Å². The molecule has 3 aromatic carbocycles. The molecule has 1 aliphatic heterocycles. The molecule has 1 aliphatic rings. The summed E-state index contributed by atoms with van der Waals surface area (Å²) in [5.74, 6) is 0.618. The van der Waals surface area contributed by atoms with Gasteiger partial charge in [-0.15, -0.1) is 0 Å². The summed E-state index contributed by atoms with van der Waals surface area (Å²) >= 11 is 0. The number of hydrogen-bond acceptors (Lipinski definition) is 3. The van der Waals surface area contributed by atoms with Crippen molar-refractivity contribution in [3.8, 4) is 28.0 Å². The van der Waals surface area contributed by atoms with Crippen LogP contribution < -0.4 is 4.74 Å². The molecule has 3 aromatic rings. The average molecular weight is 372 g/mol. The highest BCUT2D eigenvalue weighted by Gasteiger charge is 2.29. The van der Waals surface area contributed by atoms with Crippen LogP contribution in [0.2, 0.25) is 0 Å². The Kier molecular flexibility index (Phi) is 5.43. The van der Waals surface area contributed by atoms with E-state index in [4.69, 9.17) is 9.47 Å². The Balaban J connectivity index is 1.70. The number of fused-ring (bicyclic) bond motifs is 3. The zero-order chi connectivity index (χ0) is 19.3. The lowest BCUT2D eigenvalue weighted by atomic mass is 9.89. The molecule has 0 saturated carbocycles. The van der Waals surface area contributed by atoms with Crippen LogP contribution in [0.3, 0.4) is 0 Å². The molecule has 3 nitrogen and oxygen atoms in total. The topological polar surface area (TPSA) is 35.5 Å². The van der Waals surface area contributed by atoms with Gasteiger partial charge in [0.2, 0.25) is 0 Å². The average Bonchev–Trinajstić information content (AvgIpc) is 2.74. The third-order valence-electron chi connectivity index (χ3n) is 5.07. The largest absolute Gasteiger partial charge is 0.484 e. The number of esters is 1. The van der Waals surface area contributed by atoms with Crippen LogP contribution in [0, 0.1) is 0 Å². The summed E-state index contributed by atoms with van der Waals surface area (Å²) in [5, 5.41) is 0. The highest BCUT2D eigenvalue weighted by molar-refractivity contribution is 5.85. The summed E-state index contributed by atoms with van der Waals surface area (Å²) in [7, 11) is 0. The van der Waals surface area contributed by atoms with Crippen LogP contribution in [0.1, 0.15) is 37.9 Å².